The Kier molecular flexibility index (Phi) is 4.01. The number of carbonyl (C=O) groups excluding carboxylic acids is 1. The maximum atomic E-state index is 12.3. The molecule has 8 nitrogen and oxygen atoms in total. The molecule has 0 radical (unpaired) electrons. The van der Waals surface area contributed by atoms with Crippen LogP contribution in [0.25, 0.3) is 11.2 Å². The van der Waals surface area contributed by atoms with Crippen molar-refractivity contribution in [2.75, 3.05) is 18.0 Å². The van der Waals surface area contributed by atoms with Crippen LogP contribution in [0.15, 0.2) is 36.7 Å². The Morgan fingerprint density at radius 1 is 1.24 bits per heavy atom. The third kappa shape index (κ3) is 2.90. The van der Waals surface area contributed by atoms with Gasteiger partial charge in [-0.2, -0.15) is 0 Å². The summed E-state index contributed by atoms with van der Waals surface area (Å²) < 4.78 is 1.74. The zero-order valence-corrected chi connectivity index (χ0v) is 14.0. The highest BCUT2D eigenvalue weighted by Crippen LogP contribution is 2.27. The van der Waals surface area contributed by atoms with Gasteiger partial charge in [0.2, 0.25) is 5.91 Å². The van der Waals surface area contributed by atoms with Crippen LogP contribution in [0.2, 0.25) is 0 Å². The molecule has 4 rings (SSSR count). The lowest BCUT2D eigenvalue weighted by Crippen LogP contribution is -2.54. The van der Waals surface area contributed by atoms with Gasteiger partial charge < -0.3 is 10.2 Å². The van der Waals surface area contributed by atoms with Crippen molar-refractivity contribution in [1.29, 1.82) is 0 Å². The van der Waals surface area contributed by atoms with Crippen molar-refractivity contribution in [3.05, 3.63) is 42.2 Å². The number of carbonyl (C=O) groups is 1. The van der Waals surface area contributed by atoms with Gasteiger partial charge in [0.05, 0.1) is 5.92 Å². The first kappa shape index (κ1) is 15.5. The van der Waals surface area contributed by atoms with Crippen LogP contribution >= 0.6 is 0 Å². The van der Waals surface area contributed by atoms with Gasteiger partial charge in [-0.15, -0.1) is 5.10 Å². The van der Waals surface area contributed by atoms with Crippen molar-refractivity contribution in [2.45, 2.75) is 20.0 Å². The molecule has 0 unspecified atom stereocenters. The Balaban J connectivity index is 1.39. The molecule has 1 aliphatic rings. The van der Waals surface area contributed by atoms with Gasteiger partial charge in [0, 0.05) is 26.2 Å². The average molecular weight is 337 g/mol. The molecule has 128 valence electrons. The molecule has 0 bridgehead atoms. The molecule has 3 heterocycles. The first-order chi connectivity index (χ1) is 12.3. The third-order valence-corrected chi connectivity index (χ3v) is 4.44. The molecule has 8 heteroatoms. The number of anilines is 1. The minimum atomic E-state index is -0.0325. The lowest BCUT2D eigenvalue weighted by atomic mass is 9.99. The summed E-state index contributed by atoms with van der Waals surface area (Å²) in [7, 11) is 0. The lowest BCUT2D eigenvalue weighted by molar-refractivity contribution is -0.125. The Labute approximate surface area is 144 Å². The van der Waals surface area contributed by atoms with E-state index in [1.165, 1.54) is 6.33 Å². The number of hydrogen-bond donors (Lipinski definition) is 1. The fourth-order valence-corrected chi connectivity index (χ4v) is 2.97. The SMILES string of the molecule is CCn1nnc2c(N3CC(C(=O)NCc4ccccc4)C3)ncnc21. The number of rotatable bonds is 5. The number of amides is 1. The maximum Gasteiger partial charge on any atom is 0.226 e. The highest BCUT2D eigenvalue weighted by Gasteiger charge is 2.34. The van der Waals surface area contributed by atoms with Gasteiger partial charge in [0.15, 0.2) is 17.0 Å². The summed E-state index contributed by atoms with van der Waals surface area (Å²) in [6, 6.07) is 9.91. The molecule has 2 aromatic heterocycles. The van der Waals surface area contributed by atoms with Crippen molar-refractivity contribution in [1.82, 2.24) is 30.3 Å². The molecule has 1 N–H and O–H groups in total. The highest BCUT2D eigenvalue weighted by molar-refractivity contribution is 5.86. The second kappa shape index (κ2) is 6.46. The van der Waals surface area contributed by atoms with E-state index in [2.05, 4.69) is 25.6 Å². The molecular weight excluding hydrogens is 318 g/mol. The molecule has 25 heavy (non-hydrogen) atoms. The highest BCUT2D eigenvalue weighted by atomic mass is 16.2. The Morgan fingerprint density at radius 3 is 2.80 bits per heavy atom. The summed E-state index contributed by atoms with van der Waals surface area (Å²) in [6.45, 7) is 4.51. The number of benzene rings is 1. The number of aromatic nitrogens is 5. The first-order valence-electron chi connectivity index (χ1n) is 8.37. The van der Waals surface area contributed by atoms with Gasteiger partial charge in [0.25, 0.3) is 0 Å². The minimum Gasteiger partial charge on any atom is -0.353 e. The van der Waals surface area contributed by atoms with Crippen LogP contribution in [0.1, 0.15) is 12.5 Å². The van der Waals surface area contributed by atoms with Crippen molar-refractivity contribution in [2.24, 2.45) is 5.92 Å². The van der Waals surface area contributed by atoms with E-state index < -0.39 is 0 Å². The average Bonchev–Trinajstić information content (AvgIpc) is 3.03. The summed E-state index contributed by atoms with van der Waals surface area (Å²) in [5.74, 6) is 0.786. The van der Waals surface area contributed by atoms with Crippen LogP contribution in [-0.2, 0) is 17.9 Å². The van der Waals surface area contributed by atoms with E-state index >= 15 is 0 Å². The molecule has 1 aromatic carbocycles. The molecule has 1 amide bonds. The molecule has 3 aromatic rings. The minimum absolute atomic E-state index is 0.0325. The van der Waals surface area contributed by atoms with E-state index in [-0.39, 0.29) is 11.8 Å². The molecule has 0 aliphatic carbocycles. The number of fused-ring (bicyclic) bond motifs is 1. The summed E-state index contributed by atoms with van der Waals surface area (Å²) >= 11 is 0. The molecule has 0 atom stereocenters. The summed E-state index contributed by atoms with van der Waals surface area (Å²) in [5, 5.41) is 11.3. The largest absolute Gasteiger partial charge is 0.353 e. The van der Waals surface area contributed by atoms with Crippen LogP contribution in [0.4, 0.5) is 5.82 Å². The van der Waals surface area contributed by atoms with Gasteiger partial charge in [0.1, 0.15) is 6.33 Å². The predicted octanol–water partition coefficient (Wildman–Crippen LogP) is 0.994. The van der Waals surface area contributed by atoms with Gasteiger partial charge >= 0.3 is 0 Å². The lowest BCUT2D eigenvalue weighted by Gasteiger charge is -2.38. The first-order valence-corrected chi connectivity index (χ1v) is 8.37. The standard InChI is InChI=1S/C17H19N7O/c1-2-24-16-14(21-22-24)15(19-11-20-16)23-9-13(10-23)17(25)18-8-12-6-4-3-5-7-12/h3-7,11,13H,2,8-10H2,1H3,(H,18,25). The second-order valence-corrected chi connectivity index (χ2v) is 6.08. The van der Waals surface area contributed by atoms with Crippen LogP contribution in [0.3, 0.4) is 0 Å². The Bertz CT molecular complexity index is 886. The Hall–Kier alpha value is -3.03. The Morgan fingerprint density at radius 2 is 2.04 bits per heavy atom. The summed E-state index contributed by atoms with van der Waals surface area (Å²) in [6.07, 6.45) is 1.52. The van der Waals surface area contributed by atoms with Crippen LogP contribution in [0.5, 0.6) is 0 Å². The summed E-state index contributed by atoms with van der Waals surface area (Å²) in [5.41, 5.74) is 2.51. The van der Waals surface area contributed by atoms with E-state index in [1.54, 1.807) is 4.68 Å². The van der Waals surface area contributed by atoms with Gasteiger partial charge in [-0.3, -0.25) is 4.79 Å². The maximum absolute atomic E-state index is 12.3. The fraction of sp³-hybridized carbons (Fsp3) is 0.353. The van der Waals surface area contributed by atoms with Crippen LogP contribution in [0, 0.1) is 5.92 Å². The number of hydrogen-bond acceptors (Lipinski definition) is 6. The topological polar surface area (TPSA) is 88.8 Å². The van der Waals surface area contributed by atoms with E-state index in [0.717, 1.165) is 17.0 Å². The monoisotopic (exact) mass is 337 g/mol. The smallest absolute Gasteiger partial charge is 0.226 e. The van der Waals surface area contributed by atoms with Crippen molar-refractivity contribution >= 4 is 22.9 Å². The number of nitrogens with one attached hydrogen (secondary N) is 1. The van der Waals surface area contributed by atoms with Crippen LogP contribution in [-0.4, -0.2) is 44.0 Å². The van der Waals surface area contributed by atoms with Gasteiger partial charge in [-0.05, 0) is 12.5 Å². The molecule has 1 aliphatic heterocycles. The van der Waals surface area contributed by atoms with Crippen LogP contribution < -0.4 is 10.2 Å². The van der Waals surface area contributed by atoms with E-state index in [0.29, 0.717) is 31.7 Å². The quantitative estimate of drug-likeness (QED) is 0.747. The van der Waals surface area contributed by atoms with E-state index in [4.69, 9.17) is 0 Å². The zero-order chi connectivity index (χ0) is 17.2. The molecule has 0 saturated carbocycles. The molecule has 1 fully saturated rings. The van der Waals surface area contributed by atoms with E-state index in [1.807, 2.05) is 42.2 Å². The van der Waals surface area contributed by atoms with Gasteiger partial charge in [-0.25, -0.2) is 14.6 Å². The predicted molar refractivity (Wildman–Crippen MR) is 92.8 cm³/mol. The normalized spacial score (nSPS) is 14.5. The van der Waals surface area contributed by atoms with Crippen molar-refractivity contribution in [3.8, 4) is 0 Å². The summed E-state index contributed by atoms with van der Waals surface area (Å²) in [4.78, 5) is 22.9. The fourth-order valence-electron chi connectivity index (χ4n) is 2.97. The zero-order valence-electron chi connectivity index (χ0n) is 14.0. The van der Waals surface area contributed by atoms with Gasteiger partial charge in [-0.1, -0.05) is 35.5 Å². The molecule has 0 spiro atoms. The molecule has 1 saturated heterocycles. The molecular formula is C17H19N7O. The number of nitrogens with zero attached hydrogens (tertiary/aromatic N) is 6. The second-order valence-electron chi connectivity index (χ2n) is 6.08. The van der Waals surface area contributed by atoms with E-state index in [9.17, 15) is 4.79 Å². The number of aryl methyl sites for hydroxylation is 1. The van der Waals surface area contributed by atoms with Crippen molar-refractivity contribution < 1.29 is 4.79 Å². The third-order valence-electron chi connectivity index (χ3n) is 4.44. The van der Waals surface area contributed by atoms with Crippen molar-refractivity contribution in [3.63, 3.8) is 0 Å².